The molecule has 76 valence electrons. The van der Waals surface area contributed by atoms with Crippen LogP contribution in [0.1, 0.15) is 33.1 Å². The SMILES string of the molecule is CCOC(=O)CC1CCC(C)N1C. The molecule has 13 heavy (non-hydrogen) atoms. The maximum Gasteiger partial charge on any atom is 0.307 e. The summed E-state index contributed by atoms with van der Waals surface area (Å²) in [7, 11) is 2.08. The molecule has 2 atom stereocenters. The zero-order valence-electron chi connectivity index (χ0n) is 8.75. The van der Waals surface area contributed by atoms with E-state index in [1.165, 1.54) is 6.42 Å². The number of carbonyl (C=O) groups is 1. The first-order valence-electron chi connectivity index (χ1n) is 5.02. The zero-order valence-corrected chi connectivity index (χ0v) is 8.75. The minimum atomic E-state index is -0.0616. The van der Waals surface area contributed by atoms with Crippen LogP contribution in [0.5, 0.6) is 0 Å². The van der Waals surface area contributed by atoms with Gasteiger partial charge in [-0.3, -0.25) is 4.79 Å². The Bertz CT molecular complexity index is 182. The fraction of sp³-hybridized carbons (Fsp3) is 0.900. The summed E-state index contributed by atoms with van der Waals surface area (Å²) in [6.45, 7) is 4.54. The van der Waals surface area contributed by atoms with Crippen molar-refractivity contribution in [3.05, 3.63) is 0 Å². The molecule has 0 saturated carbocycles. The monoisotopic (exact) mass is 185 g/mol. The molecule has 0 radical (unpaired) electrons. The van der Waals surface area contributed by atoms with E-state index in [0.717, 1.165) is 6.42 Å². The number of hydrogen-bond donors (Lipinski definition) is 0. The van der Waals surface area contributed by atoms with Gasteiger partial charge in [0.1, 0.15) is 0 Å². The Labute approximate surface area is 80.1 Å². The van der Waals surface area contributed by atoms with E-state index in [2.05, 4.69) is 18.9 Å². The standard InChI is InChI=1S/C10H19NO2/c1-4-13-10(12)7-9-6-5-8(2)11(9)3/h8-9H,4-7H2,1-3H3. The third-order valence-corrected chi connectivity index (χ3v) is 2.90. The van der Waals surface area contributed by atoms with Crippen molar-refractivity contribution in [1.82, 2.24) is 4.90 Å². The van der Waals surface area contributed by atoms with Gasteiger partial charge in [0.15, 0.2) is 0 Å². The molecular formula is C10H19NO2. The van der Waals surface area contributed by atoms with Gasteiger partial charge < -0.3 is 9.64 Å². The lowest BCUT2D eigenvalue weighted by Crippen LogP contribution is -2.32. The Morgan fingerprint density at radius 2 is 2.23 bits per heavy atom. The van der Waals surface area contributed by atoms with Crippen molar-refractivity contribution in [3.63, 3.8) is 0 Å². The van der Waals surface area contributed by atoms with Gasteiger partial charge in [0, 0.05) is 12.1 Å². The first-order valence-corrected chi connectivity index (χ1v) is 5.02. The molecule has 0 N–H and O–H groups in total. The van der Waals surface area contributed by atoms with Crippen LogP contribution in [-0.2, 0) is 9.53 Å². The van der Waals surface area contributed by atoms with Gasteiger partial charge in [-0.25, -0.2) is 0 Å². The maximum absolute atomic E-state index is 11.2. The highest BCUT2D eigenvalue weighted by Gasteiger charge is 2.29. The average Bonchev–Trinajstić information content (AvgIpc) is 2.37. The molecule has 0 amide bonds. The molecule has 0 aromatic rings. The van der Waals surface area contributed by atoms with Crippen LogP contribution in [-0.4, -0.2) is 36.6 Å². The molecule has 1 heterocycles. The lowest BCUT2D eigenvalue weighted by molar-refractivity contribution is -0.144. The summed E-state index contributed by atoms with van der Waals surface area (Å²) in [4.78, 5) is 13.5. The molecule has 0 aliphatic carbocycles. The fourth-order valence-electron chi connectivity index (χ4n) is 1.86. The van der Waals surface area contributed by atoms with Crippen molar-refractivity contribution >= 4 is 5.97 Å². The van der Waals surface area contributed by atoms with E-state index in [1.807, 2.05) is 6.92 Å². The van der Waals surface area contributed by atoms with Gasteiger partial charge in [-0.2, -0.15) is 0 Å². The summed E-state index contributed by atoms with van der Waals surface area (Å²) in [5.41, 5.74) is 0. The summed E-state index contributed by atoms with van der Waals surface area (Å²) < 4.78 is 4.92. The molecule has 1 aliphatic heterocycles. The van der Waals surface area contributed by atoms with E-state index >= 15 is 0 Å². The summed E-state index contributed by atoms with van der Waals surface area (Å²) in [5.74, 6) is -0.0616. The topological polar surface area (TPSA) is 29.5 Å². The molecule has 1 saturated heterocycles. The predicted octanol–water partition coefficient (Wildman–Crippen LogP) is 1.42. The minimum absolute atomic E-state index is 0.0616. The van der Waals surface area contributed by atoms with E-state index in [-0.39, 0.29) is 5.97 Å². The molecule has 1 fully saturated rings. The molecule has 0 aromatic heterocycles. The van der Waals surface area contributed by atoms with E-state index in [9.17, 15) is 4.79 Å². The molecule has 2 unspecified atom stereocenters. The van der Waals surface area contributed by atoms with Crippen LogP contribution >= 0.6 is 0 Å². The number of rotatable bonds is 3. The van der Waals surface area contributed by atoms with E-state index < -0.39 is 0 Å². The first kappa shape index (κ1) is 10.5. The van der Waals surface area contributed by atoms with Gasteiger partial charge in [0.25, 0.3) is 0 Å². The predicted molar refractivity (Wildman–Crippen MR) is 51.5 cm³/mol. The first-order chi connectivity index (χ1) is 6.15. The third kappa shape index (κ3) is 2.69. The number of ether oxygens (including phenoxy) is 1. The molecule has 1 aliphatic rings. The number of esters is 1. The van der Waals surface area contributed by atoms with Crippen LogP contribution < -0.4 is 0 Å². The van der Waals surface area contributed by atoms with Gasteiger partial charge in [0.05, 0.1) is 13.0 Å². The van der Waals surface area contributed by atoms with Crippen molar-refractivity contribution in [2.45, 2.75) is 45.2 Å². The van der Waals surface area contributed by atoms with Crippen LogP contribution in [0, 0.1) is 0 Å². The Kier molecular flexibility index (Phi) is 3.72. The van der Waals surface area contributed by atoms with E-state index in [0.29, 0.717) is 25.1 Å². The third-order valence-electron chi connectivity index (χ3n) is 2.90. The lowest BCUT2D eigenvalue weighted by Gasteiger charge is -2.22. The molecule has 3 heteroatoms. The minimum Gasteiger partial charge on any atom is -0.466 e. The van der Waals surface area contributed by atoms with Gasteiger partial charge >= 0.3 is 5.97 Å². The quantitative estimate of drug-likeness (QED) is 0.623. The fourth-order valence-corrected chi connectivity index (χ4v) is 1.86. The molecule has 0 bridgehead atoms. The second-order valence-corrected chi connectivity index (χ2v) is 3.75. The van der Waals surface area contributed by atoms with Crippen molar-refractivity contribution < 1.29 is 9.53 Å². The molecular weight excluding hydrogens is 166 g/mol. The Morgan fingerprint density at radius 1 is 1.54 bits per heavy atom. The number of likely N-dealkylation sites (tertiary alicyclic amines) is 1. The van der Waals surface area contributed by atoms with E-state index in [4.69, 9.17) is 4.74 Å². The molecule has 1 rings (SSSR count). The van der Waals surface area contributed by atoms with Gasteiger partial charge in [-0.15, -0.1) is 0 Å². The number of nitrogens with zero attached hydrogens (tertiary/aromatic N) is 1. The van der Waals surface area contributed by atoms with Gasteiger partial charge in [-0.1, -0.05) is 0 Å². The van der Waals surface area contributed by atoms with Crippen LogP contribution in [0.25, 0.3) is 0 Å². The largest absolute Gasteiger partial charge is 0.466 e. The highest BCUT2D eigenvalue weighted by Crippen LogP contribution is 2.24. The highest BCUT2D eigenvalue weighted by molar-refractivity contribution is 5.70. The molecule has 0 spiro atoms. The highest BCUT2D eigenvalue weighted by atomic mass is 16.5. The summed E-state index contributed by atoms with van der Waals surface area (Å²) in [6.07, 6.45) is 2.87. The smallest absolute Gasteiger partial charge is 0.307 e. The van der Waals surface area contributed by atoms with Crippen LogP contribution in [0.4, 0.5) is 0 Å². The Morgan fingerprint density at radius 3 is 2.69 bits per heavy atom. The van der Waals surface area contributed by atoms with Crippen molar-refractivity contribution in [1.29, 1.82) is 0 Å². The van der Waals surface area contributed by atoms with Crippen molar-refractivity contribution in [3.8, 4) is 0 Å². The second-order valence-electron chi connectivity index (χ2n) is 3.75. The van der Waals surface area contributed by atoms with Crippen molar-refractivity contribution in [2.75, 3.05) is 13.7 Å². The van der Waals surface area contributed by atoms with E-state index in [1.54, 1.807) is 0 Å². The molecule has 0 aromatic carbocycles. The van der Waals surface area contributed by atoms with Gasteiger partial charge in [0.2, 0.25) is 0 Å². The van der Waals surface area contributed by atoms with Gasteiger partial charge in [-0.05, 0) is 33.7 Å². The Balaban J connectivity index is 2.33. The average molecular weight is 185 g/mol. The zero-order chi connectivity index (χ0) is 9.84. The summed E-state index contributed by atoms with van der Waals surface area (Å²) in [5, 5.41) is 0. The maximum atomic E-state index is 11.2. The summed E-state index contributed by atoms with van der Waals surface area (Å²) in [6, 6.07) is 1.01. The normalized spacial score (nSPS) is 29.2. The summed E-state index contributed by atoms with van der Waals surface area (Å²) >= 11 is 0. The second kappa shape index (κ2) is 4.61. The number of carbonyl (C=O) groups excluding carboxylic acids is 1. The molecule has 3 nitrogen and oxygen atoms in total. The van der Waals surface area contributed by atoms with Crippen molar-refractivity contribution in [2.24, 2.45) is 0 Å². The van der Waals surface area contributed by atoms with Crippen LogP contribution in [0.3, 0.4) is 0 Å². The van der Waals surface area contributed by atoms with Crippen LogP contribution in [0.2, 0.25) is 0 Å². The van der Waals surface area contributed by atoms with Crippen LogP contribution in [0.15, 0.2) is 0 Å². The lowest BCUT2D eigenvalue weighted by atomic mass is 10.1. The number of hydrogen-bond acceptors (Lipinski definition) is 3. The Hall–Kier alpha value is -0.570.